The minimum Gasteiger partial charge on any atom is -0.485 e. The summed E-state index contributed by atoms with van der Waals surface area (Å²) in [7, 11) is 3.95. The quantitative estimate of drug-likeness (QED) is 0.786. The lowest BCUT2D eigenvalue weighted by Crippen LogP contribution is -2.15. The highest BCUT2D eigenvalue weighted by atomic mass is 16.5. The van der Waals surface area contributed by atoms with Crippen LogP contribution in [0.25, 0.3) is 0 Å². The molecule has 0 saturated heterocycles. The Morgan fingerprint density at radius 2 is 2.00 bits per heavy atom. The number of hydrogen-bond donors (Lipinski definition) is 0. The van der Waals surface area contributed by atoms with E-state index in [0.29, 0.717) is 6.10 Å². The van der Waals surface area contributed by atoms with Crippen LogP contribution in [-0.2, 0) is 0 Å². The normalized spacial score (nSPS) is 14.9. The Kier molecular flexibility index (Phi) is 3.41. The van der Waals surface area contributed by atoms with E-state index in [9.17, 15) is 0 Å². The number of hydrogen-bond acceptors (Lipinski definition) is 4. The van der Waals surface area contributed by atoms with Crippen LogP contribution in [0.3, 0.4) is 0 Å². The molecule has 0 unspecified atom stereocenters. The van der Waals surface area contributed by atoms with Gasteiger partial charge in [-0.25, -0.2) is 0 Å². The van der Waals surface area contributed by atoms with E-state index in [-0.39, 0.29) is 6.10 Å². The molecule has 0 atom stereocenters. The van der Waals surface area contributed by atoms with Gasteiger partial charge in [0.25, 0.3) is 0 Å². The lowest BCUT2D eigenvalue weighted by atomic mass is 10.3. The van der Waals surface area contributed by atoms with Crippen molar-refractivity contribution in [2.24, 2.45) is 0 Å². The Morgan fingerprint density at radius 1 is 1.29 bits per heavy atom. The fourth-order valence-electron chi connectivity index (χ4n) is 1.54. The summed E-state index contributed by atoms with van der Waals surface area (Å²) in [6.07, 6.45) is 6.28. The van der Waals surface area contributed by atoms with Gasteiger partial charge in [-0.2, -0.15) is 0 Å². The third-order valence-electron chi connectivity index (χ3n) is 2.50. The molecule has 1 saturated carbocycles. The van der Waals surface area contributed by atoms with Crippen LogP contribution in [0.5, 0.6) is 11.5 Å². The van der Waals surface area contributed by atoms with Gasteiger partial charge in [-0.3, -0.25) is 4.98 Å². The average Bonchev–Trinajstić information content (AvgIpc) is 3.03. The van der Waals surface area contributed by atoms with Gasteiger partial charge in [0.05, 0.1) is 24.6 Å². The van der Waals surface area contributed by atoms with Crippen molar-refractivity contribution in [3.8, 4) is 11.5 Å². The van der Waals surface area contributed by atoms with E-state index in [1.807, 2.05) is 32.8 Å². The van der Waals surface area contributed by atoms with Crippen molar-refractivity contribution in [1.82, 2.24) is 4.98 Å². The summed E-state index contributed by atoms with van der Waals surface area (Å²) in [6.45, 7) is 4.03. The highest BCUT2D eigenvalue weighted by Gasteiger charge is 2.26. The standard InChI is InChI=1S/C13H20N2O2/c1-9(2)16-13-11(15(3)4)7-14-8-12(13)17-10-5-6-10/h7-10H,5-6H2,1-4H3. The van der Waals surface area contributed by atoms with E-state index in [1.54, 1.807) is 12.4 Å². The van der Waals surface area contributed by atoms with Gasteiger partial charge in [0.2, 0.25) is 0 Å². The van der Waals surface area contributed by atoms with Crippen molar-refractivity contribution in [3.05, 3.63) is 12.4 Å². The van der Waals surface area contributed by atoms with Gasteiger partial charge < -0.3 is 14.4 Å². The molecule has 1 heterocycles. The van der Waals surface area contributed by atoms with Gasteiger partial charge in [-0.15, -0.1) is 0 Å². The van der Waals surface area contributed by atoms with Crippen molar-refractivity contribution in [2.75, 3.05) is 19.0 Å². The zero-order valence-corrected chi connectivity index (χ0v) is 10.9. The molecule has 0 N–H and O–H groups in total. The summed E-state index contributed by atoms with van der Waals surface area (Å²) in [5.41, 5.74) is 0.955. The fraction of sp³-hybridized carbons (Fsp3) is 0.615. The molecule has 2 rings (SSSR count). The maximum absolute atomic E-state index is 5.86. The van der Waals surface area contributed by atoms with Crippen LogP contribution >= 0.6 is 0 Å². The van der Waals surface area contributed by atoms with E-state index >= 15 is 0 Å². The SMILES string of the molecule is CC(C)Oc1c(OC2CC2)cncc1N(C)C. The van der Waals surface area contributed by atoms with Gasteiger partial charge in [-0.05, 0) is 26.7 Å². The molecule has 0 bridgehead atoms. The van der Waals surface area contributed by atoms with Crippen LogP contribution in [0.2, 0.25) is 0 Å². The smallest absolute Gasteiger partial charge is 0.188 e. The molecule has 0 aromatic carbocycles. The van der Waals surface area contributed by atoms with E-state index in [1.165, 1.54) is 0 Å². The first-order valence-electron chi connectivity index (χ1n) is 6.06. The predicted octanol–water partition coefficient (Wildman–Crippen LogP) is 2.48. The van der Waals surface area contributed by atoms with Crippen molar-refractivity contribution >= 4 is 5.69 Å². The Labute approximate surface area is 103 Å². The lowest BCUT2D eigenvalue weighted by Gasteiger charge is -2.21. The van der Waals surface area contributed by atoms with Crippen molar-refractivity contribution < 1.29 is 9.47 Å². The van der Waals surface area contributed by atoms with Crippen molar-refractivity contribution in [3.63, 3.8) is 0 Å². The molecule has 0 amide bonds. The van der Waals surface area contributed by atoms with Gasteiger partial charge in [0.15, 0.2) is 11.5 Å². The lowest BCUT2D eigenvalue weighted by molar-refractivity contribution is 0.217. The third-order valence-corrected chi connectivity index (χ3v) is 2.50. The molecule has 1 aromatic rings. The molecule has 0 spiro atoms. The highest BCUT2D eigenvalue weighted by molar-refractivity contribution is 5.62. The molecular weight excluding hydrogens is 216 g/mol. The number of aromatic nitrogens is 1. The number of nitrogens with zero attached hydrogens (tertiary/aromatic N) is 2. The third kappa shape index (κ3) is 3.02. The predicted molar refractivity (Wildman–Crippen MR) is 68.0 cm³/mol. The Balaban J connectivity index is 2.30. The maximum atomic E-state index is 5.86. The molecule has 1 fully saturated rings. The second kappa shape index (κ2) is 4.82. The molecule has 4 nitrogen and oxygen atoms in total. The maximum Gasteiger partial charge on any atom is 0.188 e. The molecule has 1 aliphatic rings. The zero-order valence-electron chi connectivity index (χ0n) is 10.9. The van der Waals surface area contributed by atoms with Crippen LogP contribution in [0.4, 0.5) is 5.69 Å². The Bertz CT molecular complexity index is 387. The first kappa shape index (κ1) is 12.0. The van der Waals surface area contributed by atoms with Gasteiger partial charge in [0, 0.05) is 14.1 Å². The summed E-state index contributed by atoms with van der Waals surface area (Å²) in [6, 6.07) is 0. The number of ether oxygens (including phenoxy) is 2. The topological polar surface area (TPSA) is 34.6 Å². The van der Waals surface area contributed by atoms with Gasteiger partial charge >= 0.3 is 0 Å². The van der Waals surface area contributed by atoms with Gasteiger partial charge in [-0.1, -0.05) is 0 Å². The first-order valence-corrected chi connectivity index (χ1v) is 6.06. The monoisotopic (exact) mass is 236 g/mol. The largest absolute Gasteiger partial charge is 0.485 e. The second-order valence-electron chi connectivity index (χ2n) is 4.86. The zero-order chi connectivity index (χ0) is 12.4. The van der Waals surface area contributed by atoms with Gasteiger partial charge in [0.1, 0.15) is 5.69 Å². The van der Waals surface area contributed by atoms with Crippen LogP contribution in [-0.4, -0.2) is 31.3 Å². The molecule has 94 valence electrons. The minimum atomic E-state index is 0.123. The average molecular weight is 236 g/mol. The molecule has 1 aliphatic carbocycles. The molecule has 0 radical (unpaired) electrons. The van der Waals surface area contributed by atoms with E-state index in [0.717, 1.165) is 30.0 Å². The molecule has 1 aromatic heterocycles. The summed E-state index contributed by atoms with van der Waals surface area (Å²) in [4.78, 5) is 6.20. The summed E-state index contributed by atoms with van der Waals surface area (Å²) < 4.78 is 11.7. The van der Waals surface area contributed by atoms with Crippen molar-refractivity contribution in [2.45, 2.75) is 38.9 Å². The van der Waals surface area contributed by atoms with E-state index in [4.69, 9.17) is 9.47 Å². The van der Waals surface area contributed by atoms with E-state index < -0.39 is 0 Å². The number of anilines is 1. The van der Waals surface area contributed by atoms with Crippen LogP contribution in [0.1, 0.15) is 26.7 Å². The first-order chi connectivity index (χ1) is 8.08. The van der Waals surface area contributed by atoms with Crippen molar-refractivity contribution in [1.29, 1.82) is 0 Å². The summed E-state index contributed by atoms with van der Waals surface area (Å²) >= 11 is 0. The molecular formula is C13H20N2O2. The second-order valence-corrected chi connectivity index (χ2v) is 4.86. The molecule has 0 aliphatic heterocycles. The highest BCUT2D eigenvalue weighted by Crippen LogP contribution is 2.39. The van der Waals surface area contributed by atoms with Crippen LogP contribution in [0.15, 0.2) is 12.4 Å². The number of pyridine rings is 1. The molecule has 4 heteroatoms. The Hall–Kier alpha value is -1.45. The van der Waals surface area contributed by atoms with E-state index in [2.05, 4.69) is 4.98 Å². The Morgan fingerprint density at radius 3 is 2.53 bits per heavy atom. The molecule has 17 heavy (non-hydrogen) atoms. The minimum absolute atomic E-state index is 0.123. The fourth-order valence-corrected chi connectivity index (χ4v) is 1.54. The summed E-state index contributed by atoms with van der Waals surface area (Å²) in [5.74, 6) is 1.55. The summed E-state index contributed by atoms with van der Waals surface area (Å²) in [5, 5.41) is 0. The van der Waals surface area contributed by atoms with Crippen LogP contribution < -0.4 is 14.4 Å². The number of rotatable bonds is 5. The van der Waals surface area contributed by atoms with Crippen LogP contribution in [0, 0.1) is 0 Å².